The molecular formula is C9H10N2S2. The summed E-state index contributed by atoms with van der Waals surface area (Å²) in [5.74, 6) is 0. The molecule has 0 radical (unpaired) electrons. The van der Waals surface area contributed by atoms with Gasteiger partial charge in [-0.1, -0.05) is 6.07 Å². The van der Waals surface area contributed by atoms with Crippen molar-refractivity contribution < 1.29 is 0 Å². The van der Waals surface area contributed by atoms with E-state index in [1.54, 1.807) is 22.7 Å². The Kier molecular flexibility index (Phi) is 2.73. The zero-order chi connectivity index (χ0) is 9.10. The Morgan fingerprint density at radius 2 is 2.31 bits per heavy atom. The maximum Gasteiger partial charge on any atom is 0.133 e. The fraction of sp³-hybridized carbons (Fsp3) is 0.222. The molecule has 0 amide bonds. The zero-order valence-electron chi connectivity index (χ0n) is 7.06. The molecule has 2 aromatic heterocycles. The second kappa shape index (κ2) is 4.00. The van der Waals surface area contributed by atoms with Crippen LogP contribution < -0.4 is 5.73 Å². The lowest BCUT2D eigenvalue weighted by Gasteiger charge is -1.89. The van der Waals surface area contributed by atoms with Gasteiger partial charge in [-0.3, -0.25) is 0 Å². The van der Waals surface area contributed by atoms with Gasteiger partial charge in [0.1, 0.15) is 5.01 Å². The van der Waals surface area contributed by atoms with Crippen molar-refractivity contribution in [1.82, 2.24) is 4.98 Å². The molecule has 0 bridgehead atoms. The Morgan fingerprint density at radius 3 is 3.00 bits per heavy atom. The van der Waals surface area contributed by atoms with Gasteiger partial charge in [-0.15, -0.1) is 22.7 Å². The molecule has 4 heteroatoms. The number of aromatic nitrogens is 1. The van der Waals surface area contributed by atoms with Gasteiger partial charge >= 0.3 is 0 Å². The van der Waals surface area contributed by atoms with Crippen molar-refractivity contribution in [1.29, 1.82) is 0 Å². The van der Waals surface area contributed by atoms with Crippen molar-refractivity contribution in [3.63, 3.8) is 0 Å². The Labute approximate surface area is 85.1 Å². The van der Waals surface area contributed by atoms with Crippen molar-refractivity contribution in [2.24, 2.45) is 5.73 Å². The van der Waals surface area contributed by atoms with Crippen LogP contribution in [-0.2, 0) is 6.42 Å². The second-order valence-corrected chi connectivity index (χ2v) is 4.47. The second-order valence-electron chi connectivity index (χ2n) is 2.66. The Bertz CT molecular complexity index is 365. The number of thiazole rings is 1. The highest BCUT2D eigenvalue weighted by Gasteiger charge is 2.03. The molecule has 2 nitrogen and oxygen atoms in total. The lowest BCUT2D eigenvalue weighted by Crippen LogP contribution is -2.02. The summed E-state index contributed by atoms with van der Waals surface area (Å²) in [5.41, 5.74) is 6.56. The van der Waals surface area contributed by atoms with Gasteiger partial charge in [0, 0.05) is 11.8 Å². The number of hydrogen-bond donors (Lipinski definition) is 1. The van der Waals surface area contributed by atoms with Crippen LogP contribution >= 0.6 is 22.7 Å². The smallest absolute Gasteiger partial charge is 0.133 e. The van der Waals surface area contributed by atoms with Crippen molar-refractivity contribution in [2.75, 3.05) is 6.54 Å². The third kappa shape index (κ3) is 1.96. The minimum Gasteiger partial charge on any atom is -0.330 e. The van der Waals surface area contributed by atoms with E-state index in [9.17, 15) is 0 Å². The Balaban J connectivity index is 2.23. The first-order chi connectivity index (χ1) is 6.40. The number of thiophene rings is 1. The normalized spacial score (nSPS) is 10.5. The molecule has 0 aromatic carbocycles. The molecule has 13 heavy (non-hydrogen) atoms. The average molecular weight is 210 g/mol. The van der Waals surface area contributed by atoms with E-state index in [-0.39, 0.29) is 0 Å². The van der Waals surface area contributed by atoms with E-state index < -0.39 is 0 Å². The molecule has 2 aromatic rings. The van der Waals surface area contributed by atoms with E-state index in [4.69, 9.17) is 5.73 Å². The molecule has 0 unspecified atom stereocenters. The van der Waals surface area contributed by atoms with Gasteiger partial charge in [-0.05, 0) is 18.0 Å². The van der Waals surface area contributed by atoms with Crippen LogP contribution in [0, 0.1) is 0 Å². The van der Waals surface area contributed by atoms with Gasteiger partial charge in [0.2, 0.25) is 0 Å². The number of nitrogens with zero attached hydrogens (tertiary/aromatic N) is 1. The monoisotopic (exact) mass is 210 g/mol. The fourth-order valence-electron chi connectivity index (χ4n) is 1.08. The standard InChI is InChI=1S/C9H10N2S2/c10-4-3-7-6-13-9(11-7)8-2-1-5-12-8/h1-2,5-6H,3-4,10H2. The van der Waals surface area contributed by atoms with Gasteiger partial charge in [0.15, 0.2) is 0 Å². The molecule has 2 rings (SSSR count). The largest absolute Gasteiger partial charge is 0.330 e. The summed E-state index contributed by atoms with van der Waals surface area (Å²) in [7, 11) is 0. The Morgan fingerprint density at radius 1 is 1.38 bits per heavy atom. The van der Waals surface area contributed by atoms with Gasteiger partial charge in [-0.2, -0.15) is 0 Å². The summed E-state index contributed by atoms with van der Waals surface area (Å²) in [6.07, 6.45) is 0.877. The molecule has 0 saturated carbocycles. The molecule has 2 heterocycles. The summed E-state index contributed by atoms with van der Waals surface area (Å²) < 4.78 is 0. The van der Waals surface area contributed by atoms with E-state index in [2.05, 4.69) is 21.8 Å². The van der Waals surface area contributed by atoms with Crippen LogP contribution in [0.1, 0.15) is 5.69 Å². The fourth-order valence-corrected chi connectivity index (χ4v) is 2.75. The third-order valence-corrected chi connectivity index (χ3v) is 3.61. The van der Waals surface area contributed by atoms with E-state index in [1.807, 2.05) is 6.07 Å². The van der Waals surface area contributed by atoms with E-state index in [0.717, 1.165) is 17.1 Å². The molecular weight excluding hydrogens is 200 g/mol. The summed E-state index contributed by atoms with van der Waals surface area (Å²) in [5, 5.41) is 5.26. The Hall–Kier alpha value is -0.710. The predicted octanol–water partition coefficient (Wildman–Crippen LogP) is 2.37. The van der Waals surface area contributed by atoms with Crippen LogP contribution in [0.5, 0.6) is 0 Å². The lowest BCUT2D eigenvalue weighted by molar-refractivity contribution is 0.937. The van der Waals surface area contributed by atoms with Crippen LogP contribution in [0.2, 0.25) is 0 Å². The molecule has 0 aliphatic rings. The first-order valence-electron chi connectivity index (χ1n) is 4.08. The van der Waals surface area contributed by atoms with Gasteiger partial charge in [0.05, 0.1) is 10.6 Å². The maximum atomic E-state index is 5.46. The first-order valence-corrected chi connectivity index (χ1v) is 5.84. The molecule has 0 fully saturated rings. The van der Waals surface area contributed by atoms with E-state index in [1.165, 1.54) is 4.88 Å². The van der Waals surface area contributed by atoms with Crippen molar-refractivity contribution >= 4 is 22.7 Å². The number of rotatable bonds is 3. The predicted molar refractivity (Wildman–Crippen MR) is 58.2 cm³/mol. The van der Waals surface area contributed by atoms with Crippen LogP contribution in [0.3, 0.4) is 0 Å². The summed E-state index contributed by atoms with van der Waals surface area (Å²) >= 11 is 3.42. The van der Waals surface area contributed by atoms with Gasteiger partial charge in [0.25, 0.3) is 0 Å². The number of hydrogen-bond acceptors (Lipinski definition) is 4. The highest BCUT2D eigenvalue weighted by molar-refractivity contribution is 7.20. The highest BCUT2D eigenvalue weighted by atomic mass is 32.1. The summed E-state index contributed by atoms with van der Waals surface area (Å²) in [6.45, 7) is 0.674. The minimum atomic E-state index is 0.674. The summed E-state index contributed by atoms with van der Waals surface area (Å²) in [6, 6.07) is 4.14. The summed E-state index contributed by atoms with van der Waals surface area (Å²) in [4.78, 5) is 5.74. The van der Waals surface area contributed by atoms with Gasteiger partial charge < -0.3 is 5.73 Å². The highest BCUT2D eigenvalue weighted by Crippen LogP contribution is 2.27. The lowest BCUT2D eigenvalue weighted by atomic mass is 10.3. The van der Waals surface area contributed by atoms with E-state index >= 15 is 0 Å². The zero-order valence-corrected chi connectivity index (χ0v) is 8.70. The minimum absolute atomic E-state index is 0.674. The van der Waals surface area contributed by atoms with E-state index in [0.29, 0.717) is 6.54 Å². The van der Waals surface area contributed by atoms with Crippen molar-refractivity contribution in [3.05, 3.63) is 28.6 Å². The van der Waals surface area contributed by atoms with Crippen LogP contribution in [0.15, 0.2) is 22.9 Å². The molecule has 2 N–H and O–H groups in total. The molecule has 0 aliphatic carbocycles. The first kappa shape index (κ1) is 8.87. The topological polar surface area (TPSA) is 38.9 Å². The van der Waals surface area contributed by atoms with Crippen LogP contribution in [0.25, 0.3) is 9.88 Å². The maximum absolute atomic E-state index is 5.46. The van der Waals surface area contributed by atoms with Crippen molar-refractivity contribution in [2.45, 2.75) is 6.42 Å². The molecule has 68 valence electrons. The van der Waals surface area contributed by atoms with Crippen LogP contribution in [-0.4, -0.2) is 11.5 Å². The van der Waals surface area contributed by atoms with Gasteiger partial charge in [-0.25, -0.2) is 4.98 Å². The molecule has 0 atom stereocenters. The SMILES string of the molecule is NCCc1csc(-c2cccs2)n1. The third-order valence-electron chi connectivity index (χ3n) is 1.68. The quantitative estimate of drug-likeness (QED) is 0.844. The molecule has 0 spiro atoms. The van der Waals surface area contributed by atoms with Crippen molar-refractivity contribution in [3.8, 4) is 9.88 Å². The molecule has 0 saturated heterocycles. The van der Waals surface area contributed by atoms with Crippen LogP contribution in [0.4, 0.5) is 0 Å². The molecule has 0 aliphatic heterocycles. The number of nitrogens with two attached hydrogens (primary N) is 1. The average Bonchev–Trinajstić information content (AvgIpc) is 2.70.